The molecule has 5 unspecified atom stereocenters. The van der Waals surface area contributed by atoms with E-state index < -0.39 is 0 Å². The third-order valence-corrected chi connectivity index (χ3v) is 11.1. The van der Waals surface area contributed by atoms with E-state index in [1.807, 2.05) is 5.57 Å². The van der Waals surface area contributed by atoms with Crippen LogP contribution in [0, 0.1) is 59.2 Å². The molecule has 0 heterocycles. The largest absolute Gasteiger partial charge is 0.321 e. The van der Waals surface area contributed by atoms with Crippen molar-refractivity contribution < 1.29 is 19.5 Å². The van der Waals surface area contributed by atoms with Gasteiger partial charge in [0.1, 0.15) is 0 Å². The van der Waals surface area contributed by atoms with E-state index >= 15 is 0 Å². The van der Waals surface area contributed by atoms with Crippen molar-refractivity contribution in [2.45, 2.75) is 110 Å². The first-order valence-electron chi connectivity index (χ1n) is 13.7. The van der Waals surface area contributed by atoms with Crippen molar-refractivity contribution in [3.05, 3.63) is 18.1 Å². The summed E-state index contributed by atoms with van der Waals surface area (Å²) in [4.78, 5) is 0. The van der Waals surface area contributed by atoms with Crippen LogP contribution in [0.25, 0.3) is 0 Å². The molecule has 6 aliphatic rings. The van der Waals surface area contributed by atoms with Crippen molar-refractivity contribution in [1.29, 1.82) is 0 Å². The molecule has 0 amide bonds. The van der Waals surface area contributed by atoms with Gasteiger partial charge in [-0.25, -0.2) is 0 Å². The molecule has 0 aromatic rings. The van der Waals surface area contributed by atoms with Gasteiger partial charge >= 0.3 is 0 Å². The van der Waals surface area contributed by atoms with Crippen LogP contribution in [0.15, 0.2) is 11.6 Å². The fourth-order valence-electron chi connectivity index (χ4n) is 9.08. The molecule has 0 aliphatic heterocycles. The molecule has 1 heteroatoms. The van der Waals surface area contributed by atoms with Crippen molar-refractivity contribution in [3.63, 3.8) is 0 Å². The first kappa shape index (κ1) is 22.2. The third kappa shape index (κ3) is 4.29. The van der Waals surface area contributed by atoms with Crippen LogP contribution in [0.3, 0.4) is 0 Å². The molecular weight excluding hydrogens is 414 g/mol. The Hall–Kier alpha value is 0.363. The summed E-state index contributed by atoms with van der Waals surface area (Å²) < 4.78 is 0. The Morgan fingerprint density at radius 3 is 2.40 bits per heavy atom. The van der Waals surface area contributed by atoms with Gasteiger partial charge in [0.25, 0.3) is 0 Å². The Labute approximate surface area is 199 Å². The summed E-state index contributed by atoms with van der Waals surface area (Å²) in [6.07, 6.45) is 29.9. The van der Waals surface area contributed by atoms with Gasteiger partial charge in [-0.1, -0.05) is 44.1 Å². The predicted molar refractivity (Wildman–Crippen MR) is 122 cm³/mol. The molecular formula is C29H45Zn-. The quantitative estimate of drug-likeness (QED) is 0.225. The normalized spacial score (nSPS) is 47.0. The molecule has 0 saturated heterocycles. The van der Waals surface area contributed by atoms with Crippen molar-refractivity contribution in [3.8, 4) is 0 Å². The topological polar surface area (TPSA) is 0 Å². The summed E-state index contributed by atoms with van der Waals surface area (Å²) in [5.41, 5.74) is 2.73. The minimum absolute atomic E-state index is 0. The van der Waals surface area contributed by atoms with Crippen LogP contribution in [-0.2, 0) is 19.5 Å². The van der Waals surface area contributed by atoms with E-state index in [1.165, 1.54) is 32.1 Å². The minimum atomic E-state index is 0. The summed E-state index contributed by atoms with van der Waals surface area (Å²) in [6, 6.07) is 0. The molecule has 5 fully saturated rings. The summed E-state index contributed by atoms with van der Waals surface area (Å²) in [6.45, 7) is 2.57. The van der Waals surface area contributed by atoms with Gasteiger partial charge in [0, 0.05) is 19.5 Å². The smallest absolute Gasteiger partial charge is 0 e. The van der Waals surface area contributed by atoms with Crippen LogP contribution in [0.4, 0.5) is 0 Å². The number of fused-ring (bicyclic) bond motifs is 1. The standard InChI is InChI=1S/C29H45.Zn/c1-20-9-14-26(27-8-3-2-7-25(20)27)23-12-10-21(11-13-23)17-22-5-4-6-24(18-22)28-19-29(28)15-16-29;/h6,18,20-21,23-28H,2-5,7-17,19H2,1H3;/q-1;/t20-,21?,23?,24?,25?,26?,27?,28?;/m1./s1. The van der Waals surface area contributed by atoms with Crippen molar-refractivity contribution in [1.82, 2.24) is 0 Å². The fraction of sp³-hybridized carbons (Fsp3) is 0.897. The fourth-order valence-corrected chi connectivity index (χ4v) is 9.08. The van der Waals surface area contributed by atoms with E-state index in [9.17, 15) is 0 Å². The molecule has 6 aliphatic carbocycles. The monoisotopic (exact) mass is 457 g/mol. The van der Waals surface area contributed by atoms with Crippen LogP contribution in [-0.4, -0.2) is 0 Å². The van der Waals surface area contributed by atoms with Crippen molar-refractivity contribution in [2.24, 2.45) is 52.8 Å². The summed E-state index contributed by atoms with van der Waals surface area (Å²) in [5, 5.41) is 0. The molecule has 0 aromatic heterocycles. The number of hydrogen-bond acceptors (Lipinski definition) is 0. The predicted octanol–water partition coefficient (Wildman–Crippen LogP) is 8.37. The minimum Gasteiger partial charge on any atom is -0.321 e. The summed E-state index contributed by atoms with van der Waals surface area (Å²) >= 11 is 0. The first-order valence-corrected chi connectivity index (χ1v) is 13.7. The Bertz CT molecular complexity index is 622. The van der Waals surface area contributed by atoms with E-state index in [4.69, 9.17) is 0 Å². The molecule has 0 bridgehead atoms. The second-order valence-corrected chi connectivity index (χ2v) is 12.7. The molecule has 0 nitrogen and oxygen atoms in total. The van der Waals surface area contributed by atoms with E-state index in [-0.39, 0.29) is 19.5 Å². The molecule has 5 saturated carbocycles. The second-order valence-electron chi connectivity index (χ2n) is 12.7. The number of allylic oxidation sites excluding steroid dienone is 2. The maximum Gasteiger partial charge on any atom is 0 e. The van der Waals surface area contributed by atoms with Crippen LogP contribution in [0.5, 0.6) is 0 Å². The summed E-state index contributed by atoms with van der Waals surface area (Å²) in [7, 11) is 0. The van der Waals surface area contributed by atoms with Gasteiger partial charge < -0.3 is 6.42 Å². The SMILES string of the molecule is C[C@@H]1CCC(C2CCC(CC3=CC(C4CC45CC5)[CH-]CC3)CC2)C2CCCCC21.[Zn]. The van der Waals surface area contributed by atoms with Crippen LogP contribution >= 0.6 is 0 Å². The van der Waals surface area contributed by atoms with Gasteiger partial charge in [-0.15, -0.1) is 12.0 Å². The maximum absolute atomic E-state index is 2.77. The van der Waals surface area contributed by atoms with Crippen molar-refractivity contribution >= 4 is 0 Å². The average molecular weight is 459 g/mol. The van der Waals surface area contributed by atoms with Gasteiger partial charge in [0.15, 0.2) is 0 Å². The van der Waals surface area contributed by atoms with Gasteiger partial charge in [-0.3, -0.25) is 0 Å². The van der Waals surface area contributed by atoms with Crippen molar-refractivity contribution in [2.75, 3.05) is 0 Å². The van der Waals surface area contributed by atoms with Gasteiger partial charge in [0.2, 0.25) is 0 Å². The second kappa shape index (κ2) is 8.95. The molecule has 6 rings (SSSR count). The zero-order valence-corrected chi connectivity index (χ0v) is 22.8. The Morgan fingerprint density at radius 2 is 1.67 bits per heavy atom. The van der Waals surface area contributed by atoms with Crippen LogP contribution in [0.1, 0.15) is 110 Å². The summed E-state index contributed by atoms with van der Waals surface area (Å²) in [5.74, 6) is 8.38. The molecule has 1 spiro atoms. The molecule has 0 radical (unpaired) electrons. The first-order chi connectivity index (χ1) is 14.2. The molecule has 0 N–H and O–H groups in total. The zero-order chi connectivity index (χ0) is 19.4. The van der Waals surface area contributed by atoms with Gasteiger partial charge in [0.05, 0.1) is 0 Å². The molecule has 30 heavy (non-hydrogen) atoms. The average Bonchev–Trinajstić information content (AvgIpc) is 3.69. The van der Waals surface area contributed by atoms with E-state index in [1.54, 1.807) is 70.6 Å². The van der Waals surface area contributed by atoms with Crippen LogP contribution < -0.4 is 0 Å². The number of hydrogen-bond donors (Lipinski definition) is 0. The van der Waals surface area contributed by atoms with Crippen LogP contribution in [0.2, 0.25) is 0 Å². The Morgan fingerprint density at radius 1 is 0.900 bits per heavy atom. The van der Waals surface area contributed by atoms with E-state index in [2.05, 4.69) is 19.4 Å². The third-order valence-electron chi connectivity index (χ3n) is 11.1. The zero-order valence-electron chi connectivity index (χ0n) is 19.8. The van der Waals surface area contributed by atoms with E-state index in [0.29, 0.717) is 0 Å². The molecule has 164 valence electrons. The Kier molecular flexibility index (Phi) is 6.62. The Balaban J connectivity index is 0.00000193. The maximum atomic E-state index is 2.77. The van der Waals surface area contributed by atoms with Gasteiger partial charge in [-0.2, -0.15) is 6.42 Å². The molecule has 0 aromatic carbocycles. The van der Waals surface area contributed by atoms with Gasteiger partial charge in [-0.05, 0) is 112 Å². The number of rotatable bonds is 4. The molecule has 6 atom stereocenters. The van der Waals surface area contributed by atoms with E-state index in [0.717, 1.165) is 52.8 Å².